The molecule has 0 unspecified atom stereocenters. The molecular formula is C9H6BrIO2. The Hall–Kier alpha value is -0.230. The Morgan fingerprint density at radius 3 is 2.54 bits per heavy atom. The van der Waals surface area contributed by atoms with Crippen molar-refractivity contribution in [1.29, 1.82) is 0 Å². The van der Waals surface area contributed by atoms with Crippen LogP contribution in [0.2, 0.25) is 0 Å². The summed E-state index contributed by atoms with van der Waals surface area (Å²) >= 11 is 5.27. The molecule has 0 saturated heterocycles. The van der Waals surface area contributed by atoms with E-state index in [2.05, 4.69) is 15.9 Å². The van der Waals surface area contributed by atoms with Gasteiger partial charge < -0.3 is 0 Å². The van der Waals surface area contributed by atoms with Gasteiger partial charge in [-0.2, -0.15) is 0 Å². The Bertz CT molecular complexity index is 374. The Balaban J connectivity index is 3.52. The Labute approximate surface area is 98.0 Å². The maximum absolute atomic E-state index is 11.2. The van der Waals surface area contributed by atoms with Crippen molar-refractivity contribution < 1.29 is 9.59 Å². The number of carbonyl (C=O) groups is 2. The molecule has 0 aliphatic rings. The molecule has 1 aromatic carbocycles. The molecule has 0 radical (unpaired) electrons. The molecule has 2 nitrogen and oxygen atoms in total. The van der Waals surface area contributed by atoms with Crippen LogP contribution in [0.15, 0.2) is 16.6 Å². The van der Waals surface area contributed by atoms with E-state index in [0.29, 0.717) is 21.9 Å². The minimum Gasteiger partial charge on any atom is -0.298 e. The minimum absolute atomic E-state index is 0.104. The molecule has 68 valence electrons. The van der Waals surface area contributed by atoms with Crippen LogP contribution in [0.25, 0.3) is 0 Å². The van der Waals surface area contributed by atoms with Crippen LogP contribution >= 0.6 is 38.5 Å². The summed E-state index contributed by atoms with van der Waals surface area (Å²) in [5.74, 6) is -0.104. The molecule has 4 heteroatoms. The van der Waals surface area contributed by atoms with Gasteiger partial charge in [0.2, 0.25) is 0 Å². The summed E-state index contributed by atoms with van der Waals surface area (Å²) in [4.78, 5) is 21.9. The zero-order valence-electron chi connectivity index (χ0n) is 6.80. The number of rotatable bonds is 2. The van der Waals surface area contributed by atoms with E-state index in [1.165, 1.54) is 6.92 Å². The first-order valence-corrected chi connectivity index (χ1v) is 5.39. The number of halogens is 2. The van der Waals surface area contributed by atoms with Gasteiger partial charge in [-0.3, -0.25) is 9.59 Å². The van der Waals surface area contributed by atoms with Crippen molar-refractivity contribution in [2.75, 3.05) is 0 Å². The molecule has 1 rings (SSSR count). The quantitative estimate of drug-likeness (QED) is 0.465. The standard InChI is InChI=1S/C9H6BrIO2/c1-5(13)9-6(4-12)8(11)3-2-7(9)10/h2-4H,1H3. The third-order valence-corrected chi connectivity index (χ3v) is 3.21. The Morgan fingerprint density at radius 1 is 1.54 bits per heavy atom. The number of Topliss-reactive ketones (excluding diaryl/α,β-unsaturated/α-hetero) is 1. The molecule has 0 atom stereocenters. The summed E-state index contributed by atoms with van der Waals surface area (Å²) in [6.45, 7) is 1.45. The van der Waals surface area contributed by atoms with E-state index in [1.54, 1.807) is 12.1 Å². The molecule has 0 fully saturated rings. The minimum atomic E-state index is -0.104. The normalized spacial score (nSPS) is 9.77. The lowest BCUT2D eigenvalue weighted by atomic mass is 10.1. The number of benzene rings is 1. The topological polar surface area (TPSA) is 34.1 Å². The SMILES string of the molecule is CC(=O)c1c(Br)ccc(I)c1C=O. The van der Waals surface area contributed by atoms with Gasteiger partial charge in [0.05, 0.1) is 0 Å². The highest BCUT2D eigenvalue weighted by molar-refractivity contribution is 14.1. The van der Waals surface area contributed by atoms with E-state index < -0.39 is 0 Å². The Kier molecular flexibility index (Phi) is 3.61. The van der Waals surface area contributed by atoms with Crippen LogP contribution in [-0.4, -0.2) is 12.1 Å². The molecule has 0 aliphatic heterocycles. The fourth-order valence-electron chi connectivity index (χ4n) is 1.04. The molecule has 0 spiro atoms. The summed E-state index contributed by atoms with van der Waals surface area (Å²) in [5, 5.41) is 0. The van der Waals surface area contributed by atoms with Crippen LogP contribution in [0.1, 0.15) is 27.6 Å². The van der Waals surface area contributed by atoms with Gasteiger partial charge in [0.15, 0.2) is 12.1 Å². The molecule has 0 N–H and O–H groups in total. The van der Waals surface area contributed by atoms with Crippen molar-refractivity contribution in [2.45, 2.75) is 6.92 Å². The predicted octanol–water partition coefficient (Wildman–Crippen LogP) is 3.07. The maximum Gasteiger partial charge on any atom is 0.161 e. The molecular weight excluding hydrogens is 347 g/mol. The first-order valence-electron chi connectivity index (χ1n) is 3.52. The summed E-state index contributed by atoms with van der Waals surface area (Å²) in [7, 11) is 0. The van der Waals surface area contributed by atoms with Crippen LogP contribution in [0, 0.1) is 3.57 Å². The predicted molar refractivity (Wildman–Crippen MR) is 62.3 cm³/mol. The summed E-state index contributed by atoms with van der Waals surface area (Å²) < 4.78 is 1.46. The van der Waals surface area contributed by atoms with Gasteiger partial charge in [0, 0.05) is 19.2 Å². The average molecular weight is 353 g/mol. The van der Waals surface area contributed by atoms with Crippen LogP contribution in [0.5, 0.6) is 0 Å². The highest BCUT2D eigenvalue weighted by Gasteiger charge is 2.13. The van der Waals surface area contributed by atoms with Crippen LogP contribution in [0.4, 0.5) is 0 Å². The molecule has 13 heavy (non-hydrogen) atoms. The van der Waals surface area contributed by atoms with E-state index in [0.717, 1.165) is 3.57 Å². The number of hydrogen-bond donors (Lipinski definition) is 0. The van der Waals surface area contributed by atoms with E-state index in [1.807, 2.05) is 22.6 Å². The van der Waals surface area contributed by atoms with E-state index in [-0.39, 0.29) is 5.78 Å². The van der Waals surface area contributed by atoms with Crippen LogP contribution < -0.4 is 0 Å². The smallest absolute Gasteiger partial charge is 0.161 e. The van der Waals surface area contributed by atoms with E-state index in [4.69, 9.17) is 0 Å². The number of aldehydes is 1. The molecule has 0 saturated carbocycles. The number of ketones is 1. The fourth-order valence-corrected chi connectivity index (χ4v) is 2.24. The first-order chi connectivity index (χ1) is 6.07. The van der Waals surface area contributed by atoms with Gasteiger partial charge >= 0.3 is 0 Å². The molecule has 0 heterocycles. The van der Waals surface area contributed by atoms with Gasteiger partial charge in [0.1, 0.15) is 0 Å². The zero-order valence-corrected chi connectivity index (χ0v) is 10.5. The van der Waals surface area contributed by atoms with Gasteiger partial charge in [0.25, 0.3) is 0 Å². The van der Waals surface area contributed by atoms with Crippen molar-refractivity contribution in [3.05, 3.63) is 31.3 Å². The van der Waals surface area contributed by atoms with Crippen molar-refractivity contribution in [3.63, 3.8) is 0 Å². The Morgan fingerprint density at radius 2 is 2.15 bits per heavy atom. The number of carbonyl (C=O) groups excluding carboxylic acids is 2. The van der Waals surface area contributed by atoms with Crippen molar-refractivity contribution in [3.8, 4) is 0 Å². The summed E-state index contributed by atoms with van der Waals surface area (Å²) in [5.41, 5.74) is 0.921. The van der Waals surface area contributed by atoms with Gasteiger partial charge in [-0.25, -0.2) is 0 Å². The van der Waals surface area contributed by atoms with Gasteiger partial charge in [-0.05, 0) is 41.6 Å². The molecule has 0 bridgehead atoms. The molecule has 1 aromatic rings. The third kappa shape index (κ3) is 2.17. The second-order valence-corrected chi connectivity index (χ2v) is 4.51. The van der Waals surface area contributed by atoms with Gasteiger partial charge in [-0.1, -0.05) is 15.9 Å². The average Bonchev–Trinajstić information content (AvgIpc) is 2.07. The lowest BCUT2D eigenvalue weighted by Crippen LogP contribution is -2.02. The molecule has 0 aromatic heterocycles. The maximum atomic E-state index is 11.2. The van der Waals surface area contributed by atoms with Crippen molar-refractivity contribution in [2.24, 2.45) is 0 Å². The second-order valence-electron chi connectivity index (χ2n) is 2.49. The van der Waals surface area contributed by atoms with Crippen LogP contribution in [-0.2, 0) is 0 Å². The first kappa shape index (κ1) is 10.8. The van der Waals surface area contributed by atoms with Gasteiger partial charge in [-0.15, -0.1) is 0 Å². The monoisotopic (exact) mass is 352 g/mol. The highest BCUT2D eigenvalue weighted by atomic mass is 127. The molecule has 0 aliphatic carbocycles. The lowest BCUT2D eigenvalue weighted by Gasteiger charge is -2.05. The van der Waals surface area contributed by atoms with Crippen LogP contribution in [0.3, 0.4) is 0 Å². The third-order valence-electron chi connectivity index (χ3n) is 1.61. The second kappa shape index (κ2) is 4.32. The van der Waals surface area contributed by atoms with E-state index in [9.17, 15) is 9.59 Å². The fraction of sp³-hybridized carbons (Fsp3) is 0.111. The zero-order chi connectivity index (χ0) is 10.0. The number of hydrogen-bond acceptors (Lipinski definition) is 2. The lowest BCUT2D eigenvalue weighted by molar-refractivity contribution is 0.100. The largest absolute Gasteiger partial charge is 0.298 e. The van der Waals surface area contributed by atoms with E-state index >= 15 is 0 Å². The van der Waals surface area contributed by atoms with Crippen molar-refractivity contribution >= 4 is 50.6 Å². The van der Waals surface area contributed by atoms with Crippen molar-refractivity contribution in [1.82, 2.24) is 0 Å². The highest BCUT2D eigenvalue weighted by Crippen LogP contribution is 2.24. The summed E-state index contributed by atoms with van der Waals surface area (Å²) in [6.07, 6.45) is 0.712. The summed E-state index contributed by atoms with van der Waals surface area (Å²) in [6, 6.07) is 3.56. The molecule has 0 amide bonds.